The molecule has 0 saturated heterocycles. The number of ether oxygens (including phenoxy) is 5. The Bertz CT molecular complexity index is 1930. The minimum absolute atomic E-state index is 0.135. The molecule has 0 unspecified atom stereocenters. The molecule has 4 aromatic carbocycles. The van der Waals surface area contributed by atoms with Gasteiger partial charge in [0, 0.05) is 35.1 Å². The maximum absolute atomic E-state index is 14.4. The van der Waals surface area contributed by atoms with Gasteiger partial charge < -0.3 is 23.7 Å². The number of aryl methyl sites for hydroxylation is 2. The van der Waals surface area contributed by atoms with E-state index in [9.17, 15) is 14.4 Å². The highest BCUT2D eigenvalue weighted by atomic mass is 16.6. The van der Waals surface area contributed by atoms with Crippen LogP contribution >= 0.6 is 0 Å². The molecule has 7 rings (SSSR count). The lowest BCUT2D eigenvalue weighted by molar-refractivity contribution is -0.137. The molecule has 1 fully saturated rings. The third-order valence-electron chi connectivity index (χ3n) is 9.53. The first-order valence-corrected chi connectivity index (χ1v) is 15.4. The Morgan fingerprint density at radius 3 is 1.74 bits per heavy atom. The number of ketones is 2. The number of hydrogen-bond donors (Lipinski definition) is 0. The minimum Gasteiger partial charge on any atom is -0.493 e. The highest BCUT2D eigenvalue weighted by Gasteiger charge is 2.55. The zero-order chi connectivity index (χ0) is 32.2. The molecule has 3 aliphatic rings. The predicted octanol–water partition coefficient (Wildman–Crippen LogP) is 6.95. The third kappa shape index (κ3) is 4.71. The predicted molar refractivity (Wildman–Crippen MR) is 172 cm³/mol. The third-order valence-corrected chi connectivity index (χ3v) is 9.53. The van der Waals surface area contributed by atoms with E-state index in [1.807, 2.05) is 54.6 Å². The van der Waals surface area contributed by atoms with Gasteiger partial charge in [0.25, 0.3) is 0 Å². The van der Waals surface area contributed by atoms with Gasteiger partial charge in [0.05, 0.1) is 33.9 Å². The number of Topliss-reactive ketones (excluding diaryl/α,β-unsaturated/α-hetero) is 2. The summed E-state index contributed by atoms with van der Waals surface area (Å²) in [6.45, 7) is 0. The van der Waals surface area contributed by atoms with Crippen molar-refractivity contribution in [3.63, 3.8) is 0 Å². The zero-order valence-corrected chi connectivity index (χ0v) is 26.3. The average molecular weight is 619 g/mol. The summed E-state index contributed by atoms with van der Waals surface area (Å²) < 4.78 is 29.3. The van der Waals surface area contributed by atoms with Gasteiger partial charge >= 0.3 is 5.97 Å². The van der Waals surface area contributed by atoms with Crippen molar-refractivity contribution in [3.05, 3.63) is 88.5 Å². The monoisotopic (exact) mass is 618 g/mol. The summed E-state index contributed by atoms with van der Waals surface area (Å²) in [7, 11) is 6.17. The Labute approximate surface area is 267 Å². The molecule has 0 spiro atoms. The van der Waals surface area contributed by atoms with E-state index < -0.39 is 11.4 Å². The summed E-state index contributed by atoms with van der Waals surface area (Å²) in [4.78, 5) is 38.9. The van der Waals surface area contributed by atoms with E-state index in [1.165, 1.54) is 14.2 Å². The molecule has 0 N–H and O–H groups in total. The van der Waals surface area contributed by atoms with E-state index in [0.717, 1.165) is 38.9 Å². The van der Waals surface area contributed by atoms with E-state index in [0.29, 0.717) is 72.6 Å². The first-order valence-electron chi connectivity index (χ1n) is 15.4. The van der Waals surface area contributed by atoms with Crippen LogP contribution < -0.4 is 23.7 Å². The smallest absolute Gasteiger partial charge is 0.322 e. The molecule has 0 radical (unpaired) electrons. The van der Waals surface area contributed by atoms with Gasteiger partial charge in [-0.2, -0.15) is 0 Å². The van der Waals surface area contributed by atoms with Gasteiger partial charge in [-0.25, -0.2) is 0 Å². The number of carbonyl (C=O) groups excluding carboxylic acids is 3. The number of esters is 1. The number of benzene rings is 4. The second kappa shape index (κ2) is 11.4. The Kier molecular flexibility index (Phi) is 7.31. The highest BCUT2D eigenvalue weighted by molar-refractivity contribution is 6.02. The highest BCUT2D eigenvalue weighted by Crippen LogP contribution is 2.56. The zero-order valence-electron chi connectivity index (χ0n) is 26.3. The molecule has 4 aromatic rings. The number of fused-ring (bicyclic) bond motifs is 2. The summed E-state index contributed by atoms with van der Waals surface area (Å²) in [5.41, 5.74) is 6.40. The summed E-state index contributed by atoms with van der Waals surface area (Å²) >= 11 is 0. The van der Waals surface area contributed by atoms with Crippen LogP contribution in [0.2, 0.25) is 0 Å². The van der Waals surface area contributed by atoms with E-state index in [4.69, 9.17) is 23.7 Å². The molecule has 0 bridgehead atoms. The fourth-order valence-corrected chi connectivity index (χ4v) is 6.87. The Morgan fingerprint density at radius 1 is 0.565 bits per heavy atom. The molecule has 234 valence electrons. The lowest BCUT2D eigenvalue weighted by atomic mass is 9.90. The Balaban J connectivity index is 1.31. The molecule has 8 heteroatoms. The van der Waals surface area contributed by atoms with Crippen LogP contribution in [0.15, 0.2) is 60.7 Å². The molecule has 0 heterocycles. The summed E-state index contributed by atoms with van der Waals surface area (Å²) in [6, 6.07) is 19.0. The van der Waals surface area contributed by atoms with Gasteiger partial charge in [0.1, 0.15) is 0 Å². The number of methoxy groups -OCH3 is 4. The Morgan fingerprint density at radius 2 is 1.15 bits per heavy atom. The van der Waals surface area contributed by atoms with Crippen molar-refractivity contribution in [2.75, 3.05) is 28.4 Å². The van der Waals surface area contributed by atoms with Crippen molar-refractivity contribution in [1.82, 2.24) is 0 Å². The van der Waals surface area contributed by atoms with Crippen LogP contribution in [-0.4, -0.2) is 46.0 Å². The van der Waals surface area contributed by atoms with Crippen LogP contribution in [0, 0.1) is 0 Å². The molecular formula is C38H34O8. The molecule has 0 atom stereocenters. The van der Waals surface area contributed by atoms with Crippen molar-refractivity contribution >= 4 is 17.5 Å². The molecule has 8 nitrogen and oxygen atoms in total. The first-order chi connectivity index (χ1) is 22.3. The van der Waals surface area contributed by atoms with Gasteiger partial charge in [-0.3, -0.25) is 14.4 Å². The van der Waals surface area contributed by atoms with Gasteiger partial charge in [0.15, 0.2) is 34.6 Å². The first kappa shape index (κ1) is 29.6. The SMILES string of the molecule is COc1cc(-c2ccc3c(c2)CCC3=O)cc(C2(C(=O)Oc3c(-c4ccc5c(c4)CCC5=O)ccc(OC)c3OC)CC2)c1OC. The fourth-order valence-electron chi connectivity index (χ4n) is 6.87. The lowest BCUT2D eigenvalue weighted by Gasteiger charge is -2.23. The van der Waals surface area contributed by atoms with E-state index in [2.05, 4.69) is 0 Å². The molecule has 0 amide bonds. The van der Waals surface area contributed by atoms with Crippen molar-refractivity contribution in [2.45, 2.75) is 43.9 Å². The molecular weight excluding hydrogens is 584 g/mol. The van der Waals surface area contributed by atoms with Crippen LogP contribution in [0.4, 0.5) is 0 Å². The van der Waals surface area contributed by atoms with Crippen molar-refractivity contribution < 1.29 is 38.1 Å². The number of rotatable bonds is 9. The van der Waals surface area contributed by atoms with Crippen LogP contribution in [0.5, 0.6) is 28.7 Å². The minimum atomic E-state index is -0.989. The molecule has 0 aromatic heterocycles. The normalized spacial score (nSPS) is 15.7. The average Bonchev–Trinajstić information content (AvgIpc) is 3.71. The van der Waals surface area contributed by atoms with E-state index in [-0.39, 0.29) is 17.3 Å². The second-order valence-corrected chi connectivity index (χ2v) is 12.0. The van der Waals surface area contributed by atoms with E-state index in [1.54, 1.807) is 20.3 Å². The Hall–Kier alpha value is -5.11. The second-order valence-electron chi connectivity index (χ2n) is 12.0. The van der Waals surface area contributed by atoms with Gasteiger partial charge in [-0.05, 0) is 77.8 Å². The standard InChI is InChI=1S/C38H34O8/c1-42-32-14-11-28(24-6-10-27-23(18-24)8-13-31(27)40)34(36(32)45-4)46-37(41)38(15-16-38)29-19-25(20-33(43-2)35(29)44-3)21-5-9-26-22(17-21)7-12-30(26)39/h5-6,9-11,14,17-20H,7-8,12-13,15-16H2,1-4H3. The molecule has 0 aliphatic heterocycles. The summed E-state index contributed by atoms with van der Waals surface area (Å²) in [6.07, 6.45) is 3.50. The van der Waals surface area contributed by atoms with Crippen molar-refractivity contribution in [2.24, 2.45) is 0 Å². The topological polar surface area (TPSA) is 97.4 Å². The quantitative estimate of drug-likeness (QED) is 0.147. The van der Waals surface area contributed by atoms with Crippen molar-refractivity contribution in [3.8, 4) is 51.0 Å². The molecule has 1 saturated carbocycles. The van der Waals surface area contributed by atoms with Crippen molar-refractivity contribution in [1.29, 1.82) is 0 Å². The largest absolute Gasteiger partial charge is 0.493 e. The van der Waals surface area contributed by atoms with E-state index >= 15 is 0 Å². The maximum Gasteiger partial charge on any atom is 0.322 e. The van der Waals surface area contributed by atoms with Crippen LogP contribution in [0.1, 0.15) is 63.1 Å². The lowest BCUT2D eigenvalue weighted by Crippen LogP contribution is -2.27. The van der Waals surface area contributed by atoms with Gasteiger partial charge in [0.2, 0.25) is 5.75 Å². The summed E-state index contributed by atoms with van der Waals surface area (Å²) in [5, 5.41) is 0. The maximum atomic E-state index is 14.4. The van der Waals surface area contributed by atoms with Gasteiger partial charge in [-0.1, -0.05) is 36.4 Å². The summed E-state index contributed by atoms with van der Waals surface area (Å²) in [5.74, 6) is 1.78. The van der Waals surface area contributed by atoms with Crippen LogP contribution in [-0.2, 0) is 23.1 Å². The fraction of sp³-hybridized carbons (Fsp3) is 0.289. The number of carbonyl (C=O) groups is 3. The molecule has 46 heavy (non-hydrogen) atoms. The van der Waals surface area contributed by atoms with Crippen LogP contribution in [0.3, 0.4) is 0 Å². The molecule has 3 aliphatic carbocycles. The van der Waals surface area contributed by atoms with Gasteiger partial charge in [-0.15, -0.1) is 0 Å². The number of hydrogen-bond acceptors (Lipinski definition) is 8. The van der Waals surface area contributed by atoms with Crippen LogP contribution in [0.25, 0.3) is 22.3 Å².